The van der Waals surface area contributed by atoms with Crippen molar-refractivity contribution in [1.82, 2.24) is 5.32 Å². The minimum Gasteiger partial charge on any atom is -0.618 e. The monoisotopic (exact) mass is 392 g/mol. The maximum atomic E-state index is 12.3. The molecule has 0 spiro atoms. The number of thioether (sulfide) groups is 1. The van der Waals surface area contributed by atoms with Crippen molar-refractivity contribution in [3.8, 4) is 0 Å². The molecule has 1 aromatic carbocycles. The van der Waals surface area contributed by atoms with Crippen molar-refractivity contribution < 1.29 is 14.3 Å². The zero-order valence-corrected chi connectivity index (χ0v) is 15.9. The molecular weight excluding hydrogens is 372 g/mol. The second-order valence-electron chi connectivity index (χ2n) is 6.33. The molecule has 1 fully saturated rings. The number of hydrogen-bond acceptors (Lipinski definition) is 4. The summed E-state index contributed by atoms with van der Waals surface area (Å²) in [4.78, 5) is 12.3. The fraction of sp³-hybridized carbons (Fsp3) is 0.368. The first-order chi connectivity index (χ1) is 12.6. The van der Waals surface area contributed by atoms with Crippen LogP contribution in [0.1, 0.15) is 18.4 Å². The average Bonchev–Trinajstić information content (AvgIpc) is 2.66. The fourth-order valence-corrected chi connectivity index (χ4v) is 4.06. The molecule has 3 rings (SSSR count). The van der Waals surface area contributed by atoms with Crippen LogP contribution in [-0.4, -0.2) is 31.4 Å². The molecule has 0 unspecified atom stereocenters. The number of carbonyl (C=O) groups is 1. The average molecular weight is 393 g/mol. The van der Waals surface area contributed by atoms with Gasteiger partial charge in [-0.25, -0.2) is 0 Å². The molecular formula is C19H21ClN2O3S. The van der Waals surface area contributed by atoms with Crippen LogP contribution in [0.25, 0.3) is 0 Å². The molecule has 7 heteroatoms. The lowest BCUT2D eigenvalue weighted by atomic mass is 9.74. The Morgan fingerprint density at radius 1 is 1.27 bits per heavy atom. The molecule has 1 aliphatic heterocycles. The zero-order valence-electron chi connectivity index (χ0n) is 14.3. The van der Waals surface area contributed by atoms with Crippen LogP contribution >= 0.6 is 23.4 Å². The van der Waals surface area contributed by atoms with Crippen molar-refractivity contribution in [3.63, 3.8) is 0 Å². The van der Waals surface area contributed by atoms with Gasteiger partial charge in [-0.05, 0) is 48.4 Å². The predicted molar refractivity (Wildman–Crippen MR) is 102 cm³/mol. The number of benzene rings is 1. The molecule has 1 saturated heterocycles. The molecule has 2 heterocycles. The summed E-state index contributed by atoms with van der Waals surface area (Å²) in [6.07, 6.45) is 3.09. The smallest absolute Gasteiger partial charge is 0.251 e. The molecule has 1 N–H and O–H groups in total. The van der Waals surface area contributed by atoms with Crippen LogP contribution in [-0.2, 0) is 14.9 Å². The Balaban J connectivity index is 1.63. The van der Waals surface area contributed by atoms with E-state index in [2.05, 4.69) is 11.4 Å². The molecule has 26 heavy (non-hydrogen) atoms. The van der Waals surface area contributed by atoms with E-state index in [-0.39, 0.29) is 17.1 Å². The molecule has 2 aromatic rings. The summed E-state index contributed by atoms with van der Waals surface area (Å²) < 4.78 is 6.28. The summed E-state index contributed by atoms with van der Waals surface area (Å²) in [5, 5.41) is 15.9. The number of halogens is 1. The van der Waals surface area contributed by atoms with Gasteiger partial charge >= 0.3 is 0 Å². The molecule has 0 aliphatic carbocycles. The topological polar surface area (TPSA) is 65.3 Å². The molecule has 0 saturated carbocycles. The zero-order chi connectivity index (χ0) is 18.4. The maximum absolute atomic E-state index is 12.3. The molecule has 0 bridgehead atoms. The van der Waals surface area contributed by atoms with E-state index >= 15 is 0 Å². The van der Waals surface area contributed by atoms with Gasteiger partial charge in [-0.15, -0.1) is 0 Å². The van der Waals surface area contributed by atoms with Crippen LogP contribution in [0.5, 0.6) is 0 Å². The highest BCUT2D eigenvalue weighted by Gasteiger charge is 2.35. The summed E-state index contributed by atoms with van der Waals surface area (Å²) in [7, 11) is 0. The summed E-state index contributed by atoms with van der Waals surface area (Å²) in [5.74, 6) is 0.112. The number of pyridine rings is 1. The highest BCUT2D eigenvalue weighted by atomic mass is 35.5. The van der Waals surface area contributed by atoms with Gasteiger partial charge < -0.3 is 15.3 Å². The van der Waals surface area contributed by atoms with Crippen molar-refractivity contribution >= 4 is 29.3 Å². The minimum atomic E-state index is -0.172. The highest BCUT2D eigenvalue weighted by molar-refractivity contribution is 7.99. The quantitative estimate of drug-likeness (QED) is 0.466. The Labute approximate surface area is 162 Å². The molecule has 1 aromatic heterocycles. The van der Waals surface area contributed by atoms with Crippen LogP contribution in [0.15, 0.2) is 53.7 Å². The van der Waals surface area contributed by atoms with Gasteiger partial charge in [0.25, 0.3) is 5.03 Å². The van der Waals surface area contributed by atoms with Crippen LogP contribution in [0.2, 0.25) is 5.02 Å². The number of rotatable bonds is 6. The van der Waals surface area contributed by atoms with Crippen molar-refractivity contribution in [3.05, 3.63) is 64.5 Å². The standard InChI is InChI=1S/C19H21ClN2O3S/c20-16-5-3-4-15(12-16)19(7-10-25-11-8-19)14-21-17(23)13-26-18-6-1-2-9-22(18)24/h1-6,9,12H,7-8,10-11,13-14H2,(H,21,23). The van der Waals surface area contributed by atoms with Crippen LogP contribution in [0.4, 0.5) is 0 Å². The van der Waals surface area contributed by atoms with Gasteiger partial charge in [-0.3, -0.25) is 4.79 Å². The van der Waals surface area contributed by atoms with Crippen molar-refractivity contribution in [2.24, 2.45) is 0 Å². The van der Waals surface area contributed by atoms with E-state index in [0.717, 1.165) is 23.1 Å². The number of amides is 1. The van der Waals surface area contributed by atoms with Gasteiger partial charge in [0.2, 0.25) is 5.91 Å². The number of aromatic nitrogens is 1. The van der Waals surface area contributed by atoms with Crippen molar-refractivity contribution in [1.29, 1.82) is 0 Å². The van der Waals surface area contributed by atoms with Crippen LogP contribution in [0.3, 0.4) is 0 Å². The van der Waals surface area contributed by atoms with Gasteiger partial charge in [0.1, 0.15) is 0 Å². The first-order valence-corrected chi connectivity index (χ1v) is 9.87. The fourth-order valence-electron chi connectivity index (χ4n) is 3.13. The van der Waals surface area contributed by atoms with E-state index in [0.29, 0.717) is 29.8 Å². The Hall–Kier alpha value is -1.76. The highest BCUT2D eigenvalue weighted by Crippen LogP contribution is 2.35. The molecule has 5 nitrogen and oxygen atoms in total. The summed E-state index contributed by atoms with van der Waals surface area (Å²) in [5.41, 5.74) is 0.955. The Bertz CT molecular complexity index is 766. The Kier molecular flexibility index (Phi) is 6.40. The number of carbonyl (C=O) groups excluding carboxylic acids is 1. The second kappa shape index (κ2) is 8.75. The van der Waals surface area contributed by atoms with Crippen molar-refractivity contribution in [2.75, 3.05) is 25.5 Å². The second-order valence-corrected chi connectivity index (χ2v) is 7.77. The van der Waals surface area contributed by atoms with E-state index in [1.165, 1.54) is 18.0 Å². The van der Waals surface area contributed by atoms with Crippen molar-refractivity contribution in [2.45, 2.75) is 23.3 Å². The van der Waals surface area contributed by atoms with Gasteiger partial charge in [0, 0.05) is 42.3 Å². The molecule has 1 aliphatic rings. The van der Waals surface area contributed by atoms with E-state index in [9.17, 15) is 10.0 Å². The first kappa shape index (κ1) is 19.0. The van der Waals surface area contributed by atoms with Gasteiger partial charge in [-0.2, -0.15) is 4.73 Å². The third-order valence-electron chi connectivity index (χ3n) is 4.65. The molecule has 138 valence electrons. The van der Waals surface area contributed by atoms with Gasteiger partial charge in [0.15, 0.2) is 6.20 Å². The molecule has 1 amide bonds. The third kappa shape index (κ3) is 4.69. The normalized spacial score (nSPS) is 16.2. The summed E-state index contributed by atoms with van der Waals surface area (Å²) in [6.45, 7) is 1.86. The van der Waals surface area contributed by atoms with Crippen LogP contribution < -0.4 is 10.0 Å². The minimum absolute atomic E-state index is 0.0910. The number of hydrogen-bond donors (Lipinski definition) is 1. The molecule has 0 atom stereocenters. The van der Waals surface area contributed by atoms with Gasteiger partial charge in [-0.1, -0.05) is 23.7 Å². The van der Waals surface area contributed by atoms with Gasteiger partial charge in [0.05, 0.1) is 5.75 Å². The lowest BCUT2D eigenvalue weighted by Gasteiger charge is -2.38. The molecule has 0 radical (unpaired) electrons. The largest absolute Gasteiger partial charge is 0.618 e. The number of nitrogens with one attached hydrogen (secondary N) is 1. The SMILES string of the molecule is O=C(CSc1cccc[n+]1[O-])NCC1(c2cccc(Cl)c2)CCOCC1. The number of ether oxygens (including phenoxy) is 1. The van der Waals surface area contributed by atoms with E-state index in [4.69, 9.17) is 16.3 Å². The lowest BCUT2D eigenvalue weighted by molar-refractivity contribution is -0.645. The Morgan fingerprint density at radius 2 is 2.08 bits per heavy atom. The van der Waals surface area contributed by atoms with E-state index in [1.807, 2.05) is 18.2 Å². The summed E-state index contributed by atoms with van der Waals surface area (Å²) >= 11 is 7.40. The lowest BCUT2D eigenvalue weighted by Crippen LogP contribution is -2.45. The maximum Gasteiger partial charge on any atom is 0.251 e. The first-order valence-electron chi connectivity index (χ1n) is 8.51. The third-order valence-corrected chi connectivity index (χ3v) is 5.90. The van der Waals surface area contributed by atoms with E-state index in [1.54, 1.807) is 18.2 Å². The Morgan fingerprint density at radius 3 is 2.81 bits per heavy atom. The van der Waals surface area contributed by atoms with Crippen LogP contribution in [0, 0.1) is 5.21 Å². The summed E-state index contributed by atoms with van der Waals surface area (Å²) in [6, 6.07) is 13.0. The number of nitrogens with zero attached hydrogens (tertiary/aromatic N) is 1. The predicted octanol–water partition coefficient (Wildman–Crippen LogP) is 2.93. The van der Waals surface area contributed by atoms with E-state index < -0.39 is 0 Å².